The van der Waals surface area contributed by atoms with Crippen molar-refractivity contribution in [2.75, 3.05) is 5.43 Å². The highest BCUT2D eigenvalue weighted by molar-refractivity contribution is 7.98. The lowest BCUT2D eigenvalue weighted by atomic mass is 10.3. The first kappa shape index (κ1) is 11.5. The first-order valence-corrected chi connectivity index (χ1v) is 6.93. The number of fused-ring (bicyclic) bond motifs is 1. The summed E-state index contributed by atoms with van der Waals surface area (Å²) in [7, 11) is 0. The van der Waals surface area contributed by atoms with Gasteiger partial charge in [0.05, 0.1) is 5.75 Å². The molecule has 0 saturated heterocycles. The summed E-state index contributed by atoms with van der Waals surface area (Å²) in [6.45, 7) is 0. The van der Waals surface area contributed by atoms with Crippen molar-refractivity contribution < 1.29 is 4.42 Å². The molecule has 18 heavy (non-hydrogen) atoms. The van der Waals surface area contributed by atoms with Gasteiger partial charge in [0.1, 0.15) is 10.5 Å². The summed E-state index contributed by atoms with van der Waals surface area (Å²) in [5.74, 6) is 5.90. The minimum absolute atomic E-state index is 0.600. The summed E-state index contributed by atoms with van der Waals surface area (Å²) < 4.78 is 5.59. The second-order valence-corrected chi connectivity index (χ2v) is 5.37. The van der Waals surface area contributed by atoms with E-state index in [0.29, 0.717) is 16.1 Å². The molecule has 0 bridgehead atoms. The Morgan fingerprint density at radius 3 is 3.00 bits per heavy atom. The predicted octanol–water partition coefficient (Wildman–Crippen LogP) is 2.26. The zero-order valence-electron chi connectivity index (χ0n) is 9.16. The molecule has 2 aromatic heterocycles. The Hall–Kier alpha value is -1.64. The van der Waals surface area contributed by atoms with E-state index in [1.165, 1.54) is 23.1 Å². The maximum absolute atomic E-state index is 5.59. The van der Waals surface area contributed by atoms with Crippen molar-refractivity contribution in [2.45, 2.75) is 11.0 Å². The SMILES string of the molecule is NNc1nnc(CSc2nc3ccccc3o2)s1. The van der Waals surface area contributed by atoms with Crippen LogP contribution >= 0.6 is 23.1 Å². The second kappa shape index (κ2) is 4.92. The number of nitrogens with two attached hydrogens (primary N) is 1. The molecule has 0 radical (unpaired) electrons. The van der Waals surface area contributed by atoms with Crippen molar-refractivity contribution in [1.82, 2.24) is 15.2 Å². The van der Waals surface area contributed by atoms with Gasteiger partial charge in [0.15, 0.2) is 5.58 Å². The van der Waals surface area contributed by atoms with Crippen LogP contribution in [0.15, 0.2) is 33.9 Å². The normalized spacial score (nSPS) is 10.9. The number of hydrogen-bond acceptors (Lipinski definition) is 8. The minimum atomic E-state index is 0.600. The first-order chi connectivity index (χ1) is 8.85. The molecule has 0 unspecified atom stereocenters. The molecule has 1 aromatic carbocycles. The number of para-hydroxylation sites is 2. The highest BCUT2D eigenvalue weighted by atomic mass is 32.2. The van der Waals surface area contributed by atoms with Crippen molar-refractivity contribution >= 4 is 39.3 Å². The van der Waals surface area contributed by atoms with Crippen molar-refractivity contribution in [3.8, 4) is 0 Å². The zero-order valence-corrected chi connectivity index (χ0v) is 10.8. The van der Waals surface area contributed by atoms with Crippen LogP contribution in [0.2, 0.25) is 0 Å². The Morgan fingerprint density at radius 2 is 2.22 bits per heavy atom. The van der Waals surface area contributed by atoms with E-state index < -0.39 is 0 Å². The van der Waals surface area contributed by atoms with Gasteiger partial charge in [0.2, 0.25) is 5.13 Å². The number of thioether (sulfide) groups is 1. The molecule has 6 nitrogen and oxygen atoms in total. The quantitative estimate of drug-likeness (QED) is 0.430. The monoisotopic (exact) mass is 279 g/mol. The largest absolute Gasteiger partial charge is 0.431 e. The number of benzene rings is 1. The molecule has 0 atom stereocenters. The number of anilines is 1. The van der Waals surface area contributed by atoms with Crippen molar-refractivity contribution in [3.63, 3.8) is 0 Å². The van der Waals surface area contributed by atoms with Gasteiger partial charge >= 0.3 is 0 Å². The van der Waals surface area contributed by atoms with Crippen molar-refractivity contribution in [1.29, 1.82) is 0 Å². The second-order valence-electron chi connectivity index (χ2n) is 3.38. The molecule has 0 amide bonds. The van der Waals surface area contributed by atoms with Crippen LogP contribution in [0.4, 0.5) is 5.13 Å². The molecule has 0 fully saturated rings. The van der Waals surface area contributed by atoms with E-state index in [0.717, 1.165) is 16.1 Å². The van der Waals surface area contributed by atoms with E-state index in [1.54, 1.807) is 0 Å². The zero-order chi connectivity index (χ0) is 12.4. The average molecular weight is 279 g/mol. The summed E-state index contributed by atoms with van der Waals surface area (Å²) in [6, 6.07) is 7.67. The van der Waals surface area contributed by atoms with Crippen molar-refractivity contribution in [3.05, 3.63) is 29.3 Å². The Labute approximate surface area is 111 Å². The fraction of sp³-hybridized carbons (Fsp3) is 0.100. The molecule has 0 aliphatic carbocycles. The molecule has 8 heteroatoms. The van der Waals surface area contributed by atoms with Gasteiger partial charge in [-0.1, -0.05) is 35.2 Å². The Kier molecular flexibility index (Phi) is 3.13. The molecule has 3 rings (SSSR count). The van der Waals surface area contributed by atoms with Gasteiger partial charge in [-0.25, -0.2) is 10.8 Å². The van der Waals surface area contributed by atoms with E-state index >= 15 is 0 Å². The lowest BCUT2D eigenvalue weighted by Crippen LogP contribution is -2.05. The third-order valence-electron chi connectivity index (χ3n) is 2.18. The number of rotatable bonds is 4. The van der Waals surface area contributed by atoms with Crippen LogP contribution in [0.3, 0.4) is 0 Å². The fourth-order valence-electron chi connectivity index (χ4n) is 1.41. The van der Waals surface area contributed by atoms with Gasteiger partial charge in [0.25, 0.3) is 5.22 Å². The maximum atomic E-state index is 5.59. The molecule has 0 saturated carbocycles. The van der Waals surface area contributed by atoms with Crippen LogP contribution in [0.25, 0.3) is 11.1 Å². The molecule has 92 valence electrons. The molecule has 3 aromatic rings. The molecule has 0 aliphatic heterocycles. The van der Waals surface area contributed by atoms with Gasteiger partial charge in [-0.15, -0.1) is 10.2 Å². The van der Waals surface area contributed by atoms with Crippen LogP contribution in [-0.2, 0) is 5.75 Å². The van der Waals surface area contributed by atoms with E-state index in [9.17, 15) is 0 Å². The lowest BCUT2D eigenvalue weighted by molar-refractivity contribution is 0.489. The molecular formula is C10H9N5OS2. The number of nitrogens with one attached hydrogen (secondary N) is 1. The summed E-state index contributed by atoms with van der Waals surface area (Å²) in [5, 5.41) is 9.95. The summed E-state index contributed by atoms with van der Waals surface area (Å²) in [6.07, 6.45) is 0. The number of hydrogen-bond donors (Lipinski definition) is 2. The number of nitrogen functional groups attached to an aromatic ring is 1. The number of oxazole rings is 1. The van der Waals surface area contributed by atoms with Crippen LogP contribution in [-0.4, -0.2) is 15.2 Å². The molecular weight excluding hydrogens is 270 g/mol. The van der Waals surface area contributed by atoms with Crippen LogP contribution in [0.1, 0.15) is 5.01 Å². The highest BCUT2D eigenvalue weighted by Crippen LogP contribution is 2.27. The molecule has 0 spiro atoms. The van der Waals surface area contributed by atoms with Gasteiger partial charge in [-0.05, 0) is 12.1 Å². The average Bonchev–Trinajstić information content (AvgIpc) is 3.02. The van der Waals surface area contributed by atoms with E-state index in [2.05, 4.69) is 20.6 Å². The predicted molar refractivity (Wildman–Crippen MR) is 71.3 cm³/mol. The van der Waals surface area contributed by atoms with E-state index in [-0.39, 0.29) is 0 Å². The Balaban J connectivity index is 1.72. The summed E-state index contributed by atoms with van der Waals surface area (Å²) in [4.78, 5) is 4.37. The van der Waals surface area contributed by atoms with Gasteiger partial charge in [-0.3, -0.25) is 5.43 Å². The smallest absolute Gasteiger partial charge is 0.257 e. The van der Waals surface area contributed by atoms with Crippen molar-refractivity contribution in [2.24, 2.45) is 5.84 Å². The maximum Gasteiger partial charge on any atom is 0.257 e. The number of aromatic nitrogens is 3. The molecule has 3 N–H and O–H groups in total. The van der Waals surface area contributed by atoms with Gasteiger partial charge in [0, 0.05) is 0 Å². The van der Waals surface area contributed by atoms with Crippen LogP contribution < -0.4 is 11.3 Å². The summed E-state index contributed by atoms with van der Waals surface area (Å²) in [5.41, 5.74) is 4.12. The fourth-order valence-corrected chi connectivity index (χ4v) is 2.88. The van der Waals surface area contributed by atoms with E-state index in [4.69, 9.17) is 10.3 Å². The Morgan fingerprint density at radius 1 is 1.33 bits per heavy atom. The molecule has 2 heterocycles. The lowest BCUT2D eigenvalue weighted by Gasteiger charge is -1.90. The minimum Gasteiger partial charge on any atom is -0.431 e. The van der Waals surface area contributed by atoms with E-state index in [1.807, 2.05) is 24.3 Å². The molecule has 0 aliphatic rings. The standard InChI is InChI=1S/C10H9N5OS2/c11-13-9-15-14-8(18-9)5-17-10-12-6-3-1-2-4-7(6)16-10/h1-4H,5,11H2,(H,13,15). The number of hydrazine groups is 1. The summed E-state index contributed by atoms with van der Waals surface area (Å²) >= 11 is 2.90. The highest BCUT2D eigenvalue weighted by Gasteiger charge is 2.08. The van der Waals surface area contributed by atoms with Crippen LogP contribution in [0.5, 0.6) is 0 Å². The van der Waals surface area contributed by atoms with Gasteiger partial charge < -0.3 is 4.42 Å². The third-order valence-corrected chi connectivity index (χ3v) is 4.06. The third kappa shape index (κ3) is 2.30. The first-order valence-electron chi connectivity index (χ1n) is 5.12. The number of nitrogens with zero attached hydrogens (tertiary/aromatic N) is 3. The van der Waals surface area contributed by atoms with Gasteiger partial charge in [-0.2, -0.15) is 0 Å². The van der Waals surface area contributed by atoms with Crippen LogP contribution in [0, 0.1) is 0 Å². The topological polar surface area (TPSA) is 89.9 Å². The Bertz CT molecular complexity index is 632.